The maximum Gasteiger partial charge on any atom is 0.242 e. The van der Waals surface area contributed by atoms with Crippen molar-refractivity contribution in [2.45, 2.75) is 11.3 Å². The van der Waals surface area contributed by atoms with Gasteiger partial charge in [0.15, 0.2) is 5.12 Å². The summed E-state index contributed by atoms with van der Waals surface area (Å²) in [7, 11) is -0.390. The third kappa shape index (κ3) is 2.50. The van der Waals surface area contributed by atoms with Crippen LogP contribution in [0.25, 0.3) is 5.57 Å². The summed E-state index contributed by atoms with van der Waals surface area (Å²) in [5.74, 6) is 0. The van der Waals surface area contributed by atoms with Crippen molar-refractivity contribution in [1.29, 1.82) is 0 Å². The molecular weight excluding hydrogens is 270 g/mol. The minimum Gasteiger partial charge on any atom is -0.286 e. The smallest absolute Gasteiger partial charge is 0.242 e. The molecule has 0 spiro atoms. The lowest BCUT2D eigenvalue weighted by molar-refractivity contribution is -0.109. The average Bonchev–Trinajstić information content (AvgIpc) is 2.76. The first kappa shape index (κ1) is 13.3. The fourth-order valence-electron chi connectivity index (χ4n) is 1.60. The third-order valence-electron chi connectivity index (χ3n) is 2.67. The molecule has 0 N–H and O–H groups in total. The van der Waals surface area contributed by atoms with Crippen LogP contribution in [0.2, 0.25) is 0 Å². The van der Waals surface area contributed by atoms with Crippen LogP contribution in [0.5, 0.6) is 0 Å². The van der Waals surface area contributed by atoms with Crippen molar-refractivity contribution < 1.29 is 13.2 Å². The maximum atomic E-state index is 11.9. The molecular formula is C12H13NO3S2. The SMILES string of the molecule is CN(C)S(=O)(=O)c1ccc(C2=CSC(=O)C2)cc1. The van der Waals surface area contributed by atoms with Gasteiger partial charge in [-0.05, 0) is 28.7 Å². The summed E-state index contributed by atoms with van der Waals surface area (Å²) in [6.07, 6.45) is 0.407. The van der Waals surface area contributed by atoms with Crippen LogP contribution in [0.4, 0.5) is 0 Å². The quantitative estimate of drug-likeness (QED) is 0.850. The van der Waals surface area contributed by atoms with Crippen molar-refractivity contribution in [2.75, 3.05) is 14.1 Å². The van der Waals surface area contributed by atoms with Crippen molar-refractivity contribution in [3.8, 4) is 0 Å². The number of carbonyl (C=O) groups is 1. The summed E-state index contributed by atoms with van der Waals surface area (Å²) in [5, 5.41) is 1.94. The van der Waals surface area contributed by atoms with Crippen LogP contribution in [0.3, 0.4) is 0 Å². The second kappa shape index (κ2) is 4.87. The van der Waals surface area contributed by atoms with Gasteiger partial charge in [-0.25, -0.2) is 12.7 Å². The molecule has 96 valence electrons. The second-order valence-electron chi connectivity index (χ2n) is 4.12. The minimum absolute atomic E-state index is 0.120. The Bertz CT molecular complexity index is 601. The van der Waals surface area contributed by atoms with Crippen LogP contribution in [0.15, 0.2) is 34.6 Å². The summed E-state index contributed by atoms with van der Waals surface area (Å²) in [4.78, 5) is 11.4. The first-order valence-electron chi connectivity index (χ1n) is 5.33. The number of benzene rings is 1. The Hall–Kier alpha value is -1.11. The van der Waals surface area contributed by atoms with E-state index in [1.165, 1.54) is 30.2 Å². The highest BCUT2D eigenvalue weighted by Gasteiger charge is 2.19. The number of sulfonamides is 1. The molecule has 0 aromatic heterocycles. The van der Waals surface area contributed by atoms with E-state index in [0.29, 0.717) is 6.42 Å². The van der Waals surface area contributed by atoms with E-state index in [4.69, 9.17) is 0 Å². The van der Waals surface area contributed by atoms with E-state index in [1.54, 1.807) is 24.3 Å². The van der Waals surface area contributed by atoms with E-state index in [1.807, 2.05) is 5.41 Å². The monoisotopic (exact) mass is 283 g/mol. The Labute approximate surface area is 111 Å². The van der Waals surface area contributed by atoms with Gasteiger partial charge < -0.3 is 0 Å². The molecule has 4 nitrogen and oxygen atoms in total. The predicted molar refractivity (Wildman–Crippen MR) is 72.5 cm³/mol. The molecule has 0 fully saturated rings. The minimum atomic E-state index is -3.39. The van der Waals surface area contributed by atoms with E-state index < -0.39 is 10.0 Å². The van der Waals surface area contributed by atoms with Gasteiger partial charge in [0.1, 0.15) is 0 Å². The topological polar surface area (TPSA) is 54.5 Å². The van der Waals surface area contributed by atoms with Gasteiger partial charge in [0.2, 0.25) is 10.0 Å². The largest absolute Gasteiger partial charge is 0.286 e. The zero-order valence-electron chi connectivity index (χ0n) is 10.1. The van der Waals surface area contributed by atoms with E-state index >= 15 is 0 Å². The van der Waals surface area contributed by atoms with Crippen LogP contribution in [0.1, 0.15) is 12.0 Å². The summed E-state index contributed by atoms with van der Waals surface area (Å²) in [6, 6.07) is 6.61. The number of hydrogen-bond donors (Lipinski definition) is 0. The van der Waals surface area contributed by atoms with Crippen LogP contribution >= 0.6 is 11.8 Å². The Kier molecular flexibility index (Phi) is 3.61. The van der Waals surface area contributed by atoms with Crippen molar-refractivity contribution in [3.05, 3.63) is 35.2 Å². The molecule has 1 aromatic carbocycles. The number of allylic oxidation sites excluding steroid dienone is 1. The van der Waals surface area contributed by atoms with Gasteiger partial charge in [-0.1, -0.05) is 23.9 Å². The first-order chi connectivity index (χ1) is 8.41. The summed E-state index contributed by atoms with van der Waals surface area (Å²) >= 11 is 1.19. The lowest BCUT2D eigenvalue weighted by Crippen LogP contribution is -2.22. The Morgan fingerprint density at radius 3 is 2.22 bits per heavy atom. The maximum absolute atomic E-state index is 11.9. The molecule has 0 bridgehead atoms. The zero-order valence-corrected chi connectivity index (χ0v) is 11.7. The summed E-state index contributed by atoms with van der Waals surface area (Å²) < 4.78 is 24.9. The van der Waals surface area contributed by atoms with Gasteiger partial charge in [-0.3, -0.25) is 4.79 Å². The molecule has 1 heterocycles. The summed E-state index contributed by atoms with van der Waals surface area (Å²) in [6.45, 7) is 0. The number of nitrogens with zero attached hydrogens (tertiary/aromatic N) is 1. The lowest BCUT2D eigenvalue weighted by atomic mass is 10.1. The third-order valence-corrected chi connectivity index (χ3v) is 5.31. The molecule has 0 aliphatic carbocycles. The molecule has 18 heavy (non-hydrogen) atoms. The predicted octanol–water partition coefficient (Wildman–Crippen LogP) is 1.94. The molecule has 0 radical (unpaired) electrons. The van der Waals surface area contributed by atoms with E-state index in [2.05, 4.69) is 0 Å². The summed E-state index contributed by atoms with van der Waals surface area (Å²) in [5.41, 5.74) is 1.84. The highest BCUT2D eigenvalue weighted by Crippen LogP contribution is 2.31. The lowest BCUT2D eigenvalue weighted by Gasteiger charge is -2.11. The zero-order chi connectivity index (χ0) is 13.3. The fraction of sp³-hybridized carbons (Fsp3) is 0.250. The Morgan fingerprint density at radius 2 is 1.78 bits per heavy atom. The van der Waals surface area contributed by atoms with E-state index in [-0.39, 0.29) is 10.0 Å². The highest BCUT2D eigenvalue weighted by atomic mass is 32.2. The number of rotatable bonds is 3. The standard InChI is InChI=1S/C12H13NO3S2/c1-13(2)18(15,16)11-5-3-9(4-6-11)10-7-12(14)17-8-10/h3-6,8H,7H2,1-2H3. The highest BCUT2D eigenvalue weighted by molar-refractivity contribution is 8.16. The molecule has 0 unspecified atom stereocenters. The van der Waals surface area contributed by atoms with Crippen LogP contribution in [0, 0.1) is 0 Å². The van der Waals surface area contributed by atoms with E-state index in [0.717, 1.165) is 11.1 Å². The number of thioether (sulfide) groups is 1. The first-order valence-corrected chi connectivity index (χ1v) is 7.65. The average molecular weight is 283 g/mol. The van der Waals surface area contributed by atoms with Gasteiger partial charge in [-0.15, -0.1) is 0 Å². The van der Waals surface area contributed by atoms with Crippen molar-refractivity contribution in [3.63, 3.8) is 0 Å². The molecule has 1 aromatic rings. The van der Waals surface area contributed by atoms with Crippen molar-refractivity contribution in [2.24, 2.45) is 0 Å². The van der Waals surface area contributed by atoms with Crippen LogP contribution in [-0.2, 0) is 14.8 Å². The van der Waals surface area contributed by atoms with Gasteiger partial charge in [0.05, 0.1) is 4.90 Å². The van der Waals surface area contributed by atoms with Gasteiger partial charge in [0.25, 0.3) is 0 Å². The van der Waals surface area contributed by atoms with Crippen LogP contribution < -0.4 is 0 Å². The van der Waals surface area contributed by atoms with Gasteiger partial charge in [-0.2, -0.15) is 0 Å². The van der Waals surface area contributed by atoms with Crippen LogP contribution in [-0.4, -0.2) is 31.9 Å². The second-order valence-corrected chi connectivity index (χ2v) is 7.20. The normalized spacial score (nSPS) is 16.2. The Balaban J connectivity index is 2.29. The van der Waals surface area contributed by atoms with Gasteiger partial charge >= 0.3 is 0 Å². The number of carbonyl (C=O) groups excluding carboxylic acids is 1. The molecule has 1 aliphatic heterocycles. The molecule has 2 rings (SSSR count). The molecule has 1 aliphatic rings. The fourth-order valence-corrected chi connectivity index (χ4v) is 3.23. The Morgan fingerprint density at radius 1 is 1.17 bits per heavy atom. The van der Waals surface area contributed by atoms with Crippen molar-refractivity contribution in [1.82, 2.24) is 4.31 Å². The molecule has 0 saturated heterocycles. The van der Waals surface area contributed by atoms with E-state index in [9.17, 15) is 13.2 Å². The van der Waals surface area contributed by atoms with Crippen molar-refractivity contribution >= 4 is 32.5 Å². The molecule has 0 saturated carbocycles. The molecule has 0 atom stereocenters. The molecule has 0 amide bonds. The number of hydrogen-bond acceptors (Lipinski definition) is 4. The molecule has 6 heteroatoms. The van der Waals surface area contributed by atoms with Gasteiger partial charge in [0, 0.05) is 20.5 Å².